The minimum atomic E-state index is -0.340. The maximum atomic E-state index is 13.8. The molecular weight excluding hydrogens is 321 g/mol. The van der Waals surface area contributed by atoms with Crippen molar-refractivity contribution in [1.82, 2.24) is 9.38 Å². The predicted molar refractivity (Wildman–Crippen MR) is 92.6 cm³/mol. The molecule has 128 valence electrons. The van der Waals surface area contributed by atoms with E-state index < -0.39 is 0 Å². The standard InChI is InChI=1S/C19H18FN3O2/c1-11-6-14(20)7-15(16(11)10-24)13-4-5-18-21-17(9-23(18)8-13)22-19(25)12-2-3-12/h4-9,12,24H,2-3,10H2,1H3,(H,22,25). The number of nitrogens with zero attached hydrogens (tertiary/aromatic N) is 2. The van der Waals surface area contributed by atoms with Crippen molar-refractivity contribution in [2.24, 2.45) is 5.92 Å². The molecule has 2 heterocycles. The van der Waals surface area contributed by atoms with Crippen LogP contribution in [0.2, 0.25) is 0 Å². The quantitative estimate of drug-likeness (QED) is 0.766. The van der Waals surface area contributed by atoms with E-state index in [1.54, 1.807) is 17.5 Å². The van der Waals surface area contributed by atoms with E-state index in [2.05, 4.69) is 10.3 Å². The fourth-order valence-electron chi connectivity index (χ4n) is 3.03. The second kappa shape index (κ2) is 5.97. The number of aromatic nitrogens is 2. The maximum Gasteiger partial charge on any atom is 0.228 e. The number of pyridine rings is 1. The Morgan fingerprint density at radius 3 is 2.88 bits per heavy atom. The van der Waals surface area contributed by atoms with Gasteiger partial charge in [0, 0.05) is 12.1 Å². The first kappa shape index (κ1) is 15.8. The van der Waals surface area contributed by atoms with Gasteiger partial charge < -0.3 is 14.8 Å². The van der Waals surface area contributed by atoms with Crippen LogP contribution in [0.4, 0.5) is 10.2 Å². The number of nitrogens with one attached hydrogen (secondary N) is 1. The zero-order chi connectivity index (χ0) is 17.6. The predicted octanol–water partition coefficient (Wildman–Crippen LogP) is 3.29. The zero-order valence-corrected chi connectivity index (χ0v) is 13.8. The highest BCUT2D eigenvalue weighted by Crippen LogP contribution is 2.31. The molecule has 0 radical (unpaired) electrons. The first-order valence-corrected chi connectivity index (χ1v) is 8.25. The van der Waals surface area contributed by atoms with E-state index in [1.165, 1.54) is 12.1 Å². The van der Waals surface area contributed by atoms with Crippen molar-refractivity contribution in [1.29, 1.82) is 0 Å². The largest absolute Gasteiger partial charge is 0.392 e. The average molecular weight is 339 g/mol. The summed E-state index contributed by atoms with van der Waals surface area (Å²) in [6.07, 6.45) is 5.44. The minimum Gasteiger partial charge on any atom is -0.392 e. The van der Waals surface area contributed by atoms with Gasteiger partial charge in [0.15, 0.2) is 5.82 Å². The SMILES string of the molecule is Cc1cc(F)cc(-c2ccc3nc(NC(=O)C4CC4)cn3c2)c1CO. The first-order valence-electron chi connectivity index (χ1n) is 8.25. The number of fused-ring (bicyclic) bond motifs is 1. The van der Waals surface area contributed by atoms with Crippen LogP contribution in [0.1, 0.15) is 24.0 Å². The smallest absolute Gasteiger partial charge is 0.228 e. The summed E-state index contributed by atoms with van der Waals surface area (Å²) in [5, 5.41) is 12.5. The van der Waals surface area contributed by atoms with E-state index in [1.807, 2.05) is 18.3 Å². The molecule has 2 N–H and O–H groups in total. The van der Waals surface area contributed by atoms with Gasteiger partial charge >= 0.3 is 0 Å². The summed E-state index contributed by atoms with van der Waals surface area (Å²) in [4.78, 5) is 16.3. The molecule has 2 aromatic heterocycles. The summed E-state index contributed by atoms with van der Waals surface area (Å²) in [5.74, 6) is 0.286. The molecule has 0 aliphatic heterocycles. The van der Waals surface area contributed by atoms with E-state index in [-0.39, 0.29) is 24.2 Å². The number of imidazole rings is 1. The number of aryl methyl sites for hydroxylation is 1. The van der Waals surface area contributed by atoms with Gasteiger partial charge in [0.25, 0.3) is 0 Å². The molecule has 3 aromatic rings. The highest BCUT2D eigenvalue weighted by molar-refractivity contribution is 5.93. The lowest BCUT2D eigenvalue weighted by Gasteiger charge is -2.11. The van der Waals surface area contributed by atoms with Gasteiger partial charge in [-0.05, 0) is 66.3 Å². The van der Waals surface area contributed by atoms with Gasteiger partial charge in [-0.1, -0.05) is 0 Å². The van der Waals surface area contributed by atoms with Gasteiger partial charge in [-0.2, -0.15) is 0 Å². The highest BCUT2D eigenvalue weighted by atomic mass is 19.1. The fraction of sp³-hybridized carbons (Fsp3) is 0.263. The lowest BCUT2D eigenvalue weighted by molar-refractivity contribution is -0.117. The maximum absolute atomic E-state index is 13.8. The number of aliphatic hydroxyl groups excluding tert-OH is 1. The average Bonchev–Trinajstić information content (AvgIpc) is 3.34. The van der Waals surface area contributed by atoms with E-state index in [4.69, 9.17) is 0 Å². The lowest BCUT2D eigenvalue weighted by Crippen LogP contribution is -2.13. The fourth-order valence-corrected chi connectivity index (χ4v) is 3.03. The van der Waals surface area contributed by atoms with Crippen molar-refractivity contribution in [3.05, 3.63) is 53.6 Å². The molecular formula is C19H18FN3O2. The molecule has 5 nitrogen and oxygen atoms in total. The van der Waals surface area contributed by atoms with Crippen molar-refractivity contribution in [3.8, 4) is 11.1 Å². The minimum absolute atomic E-state index is 0.00644. The van der Waals surface area contributed by atoms with Crippen molar-refractivity contribution in [3.63, 3.8) is 0 Å². The summed E-state index contributed by atoms with van der Waals surface area (Å²) in [6, 6.07) is 6.48. The number of anilines is 1. The van der Waals surface area contributed by atoms with Crippen LogP contribution < -0.4 is 5.32 Å². The van der Waals surface area contributed by atoms with E-state index in [0.29, 0.717) is 28.2 Å². The van der Waals surface area contributed by atoms with Gasteiger partial charge in [-0.25, -0.2) is 9.37 Å². The number of hydrogen-bond donors (Lipinski definition) is 2. The van der Waals surface area contributed by atoms with Gasteiger partial charge in [0.2, 0.25) is 5.91 Å². The number of hydrogen-bond acceptors (Lipinski definition) is 3. The summed E-state index contributed by atoms with van der Waals surface area (Å²) < 4.78 is 15.6. The van der Waals surface area contributed by atoms with Crippen LogP contribution in [0.15, 0.2) is 36.7 Å². The molecule has 0 saturated heterocycles. The van der Waals surface area contributed by atoms with Gasteiger partial charge in [-0.3, -0.25) is 4.79 Å². The molecule has 1 saturated carbocycles. The Morgan fingerprint density at radius 2 is 2.16 bits per heavy atom. The molecule has 0 unspecified atom stereocenters. The Bertz CT molecular complexity index is 976. The second-order valence-corrected chi connectivity index (χ2v) is 6.48. The Hall–Kier alpha value is -2.73. The first-order chi connectivity index (χ1) is 12.0. The number of amides is 1. The third kappa shape index (κ3) is 3.00. The Kier molecular flexibility index (Phi) is 3.77. The molecule has 6 heteroatoms. The van der Waals surface area contributed by atoms with Crippen LogP contribution in [-0.4, -0.2) is 20.4 Å². The summed E-state index contributed by atoms with van der Waals surface area (Å²) in [7, 11) is 0. The molecule has 0 spiro atoms. The van der Waals surface area contributed by atoms with E-state index in [0.717, 1.165) is 18.4 Å². The van der Waals surface area contributed by atoms with Crippen LogP contribution in [-0.2, 0) is 11.4 Å². The zero-order valence-electron chi connectivity index (χ0n) is 13.8. The van der Waals surface area contributed by atoms with Crippen LogP contribution in [0.3, 0.4) is 0 Å². The normalized spacial score (nSPS) is 14.0. The number of carbonyl (C=O) groups excluding carboxylic acids is 1. The van der Waals surface area contributed by atoms with Gasteiger partial charge in [0.05, 0.1) is 12.8 Å². The van der Waals surface area contributed by atoms with Crippen LogP contribution in [0.25, 0.3) is 16.8 Å². The van der Waals surface area contributed by atoms with E-state index in [9.17, 15) is 14.3 Å². The Balaban J connectivity index is 1.73. The van der Waals surface area contributed by atoms with Crippen LogP contribution >= 0.6 is 0 Å². The molecule has 1 fully saturated rings. The Labute approximate surface area is 144 Å². The monoisotopic (exact) mass is 339 g/mol. The molecule has 25 heavy (non-hydrogen) atoms. The molecule has 4 rings (SSSR count). The number of aliphatic hydroxyl groups is 1. The van der Waals surface area contributed by atoms with Gasteiger partial charge in [-0.15, -0.1) is 0 Å². The number of rotatable bonds is 4. The molecule has 0 atom stereocenters. The summed E-state index contributed by atoms with van der Waals surface area (Å²) in [5.41, 5.74) is 3.52. The molecule has 1 aromatic carbocycles. The molecule has 0 bridgehead atoms. The summed E-state index contributed by atoms with van der Waals surface area (Å²) in [6.45, 7) is 1.62. The molecule has 1 aliphatic rings. The number of carbonyl (C=O) groups is 1. The van der Waals surface area contributed by atoms with Crippen LogP contribution in [0.5, 0.6) is 0 Å². The number of benzene rings is 1. The third-order valence-corrected chi connectivity index (χ3v) is 4.56. The van der Waals surface area contributed by atoms with Crippen molar-refractivity contribution < 1.29 is 14.3 Å². The van der Waals surface area contributed by atoms with Crippen molar-refractivity contribution in [2.45, 2.75) is 26.4 Å². The topological polar surface area (TPSA) is 66.6 Å². The lowest BCUT2D eigenvalue weighted by atomic mass is 9.97. The molecule has 1 aliphatic carbocycles. The van der Waals surface area contributed by atoms with Crippen LogP contribution in [0, 0.1) is 18.7 Å². The van der Waals surface area contributed by atoms with Crippen molar-refractivity contribution in [2.75, 3.05) is 5.32 Å². The van der Waals surface area contributed by atoms with Gasteiger partial charge in [0.1, 0.15) is 11.5 Å². The third-order valence-electron chi connectivity index (χ3n) is 4.56. The Morgan fingerprint density at radius 1 is 1.36 bits per heavy atom. The molecule has 1 amide bonds. The number of halogens is 1. The van der Waals surface area contributed by atoms with E-state index >= 15 is 0 Å². The highest BCUT2D eigenvalue weighted by Gasteiger charge is 2.30. The second-order valence-electron chi connectivity index (χ2n) is 6.48. The summed E-state index contributed by atoms with van der Waals surface area (Å²) >= 11 is 0. The van der Waals surface area contributed by atoms with Crippen molar-refractivity contribution >= 4 is 17.4 Å².